The summed E-state index contributed by atoms with van der Waals surface area (Å²) in [6, 6.07) is 16.0. The first kappa shape index (κ1) is 14.6. The number of aliphatic hydroxyl groups is 1. The molecule has 2 rings (SSSR count). The van der Waals surface area contributed by atoms with Crippen LogP contribution >= 0.6 is 11.8 Å². The molecule has 0 aromatic heterocycles. The van der Waals surface area contributed by atoms with Crippen molar-refractivity contribution in [3.05, 3.63) is 75.8 Å². The highest BCUT2D eigenvalue weighted by Crippen LogP contribution is 2.22. The van der Waals surface area contributed by atoms with Crippen molar-refractivity contribution in [2.45, 2.75) is 11.9 Å². The number of nitrogens with zero attached hydrogens (tertiary/aromatic N) is 1. The lowest BCUT2D eigenvalue weighted by Crippen LogP contribution is -2.00. The van der Waals surface area contributed by atoms with Crippen LogP contribution in [0.4, 0.5) is 5.69 Å². The first-order chi connectivity index (χ1) is 9.66. The lowest BCUT2D eigenvalue weighted by molar-refractivity contribution is -0.384. The molecule has 104 valence electrons. The van der Waals surface area contributed by atoms with Gasteiger partial charge in [-0.3, -0.25) is 10.1 Å². The van der Waals surface area contributed by atoms with Crippen LogP contribution in [0.1, 0.15) is 17.2 Å². The molecule has 0 fully saturated rings. The number of nitro benzene ring substituents is 1. The molecule has 0 radical (unpaired) electrons. The largest absolute Gasteiger partial charge is 0.388 e. The second kappa shape index (κ2) is 7.07. The SMILES string of the molecule is O=[N+]([O-])c1ccc(CSCC(O)c2ccccc2)cc1. The fourth-order valence-electron chi connectivity index (χ4n) is 1.77. The van der Waals surface area contributed by atoms with Crippen molar-refractivity contribution < 1.29 is 10.0 Å². The van der Waals surface area contributed by atoms with Gasteiger partial charge in [0.2, 0.25) is 0 Å². The van der Waals surface area contributed by atoms with Crippen LogP contribution in [0, 0.1) is 10.1 Å². The Morgan fingerprint density at radius 3 is 2.35 bits per heavy atom. The lowest BCUT2D eigenvalue weighted by Gasteiger charge is -2.10. The molecule has 1 atom stereocenters. The summed E-state index contributed by atoms with van der Waals surface area (Å²) >= 11 is 1.60. The second-order valence-corrected chi connectivity index (χ2v) is 5.40. The Balaban J connectivity index is 1.82. The maximum atomic E-state index is 10.5. The van der Waals surface area contributed by atoms with Crippen molar-refractivity contribution in [3.8, 4) is 0 Å². The lowest BCUT2D eigenvalue weighted by atomic mass is 10.1. The molecule has 0 saturated heterocycles. The summed E-state index contributed by atoms with van der Waals surface area (Å²) in [6.45, 7) is 0. The third-order valence-electron chi connectivity index (χ3n) is 2.88. The molecule has 0 heterocycles. The molecular weight excluding hydrogens is 274 g/mol. The van der Waals surface area contributed by atoms with E-state index in [-0.39, 0.29) is 5.69 Å². The van der Waals surface area contributed by atoms with E-state index in [1.54, 1.807) is 23.9 Å². The highest BCUT2D eigenvalue weighted by atomic mass is 32.2. The van der Waals surface area contributed by atoms with E-state index in [1.165, 1.54) is 12.1 Å². The van der Waals surface area contributed by atoms with E-state index >= 15 is 0 Å². The standard InChI is InChI=1S/C15H15NO3S/c17-15(13-4-2-1-3-5-13)11-20-10-12-6-8-14(9-7-12)16(18)19/h1-9,15,17H,10-11H2. The normalized spacial score (nSPS) is 12.1. The fraction of sp³-hybridized carbons (Fsp3) is 0.200. The average molecular weight is 289 g/mol. The quantitative estimate of drug-likeness (QED) is 0.652. The number of hydrogen-bond donors (Lipinski definition) is 1. The monoisotopic (exact) mass is 289 g/mol. The summed E-state index contributed by atoms with van der Waals surface area (Å²) in [5.74, 6) is 1.32. The van der Waals surface area contributed by atoms with Crippen LogP contribution < -0.4 is 0 Å². The Morgan fingerprint density at radius 1 is 1.10 bits per heavy atom. The zero-order chi connectivity index (χ0) is 14.4. The van der Waals surface area contributed by atoms with Crippen molar-refractivity contribution >= 4 is 17.4 Å². The maximum Gasteiger partial charge on any atom is 0.269 e. The molecule has 4 nitrogen and oxygen atoms in total. The molecule has 0 amide bonds. The van der Waals surface area contributed by atoms with Crippen LogP contribution in [0.25, 0.3) is 0 Å². The number of non-ortho nitro benzene ring substituents is 1. The zero-order valence-corrected chi connectivity index (χ0v) is 11.6. The Kier molecular flexibility index (Phi) is 5.15. The van der Waals surface area contributed by atoms with Gasteiger partial charge in [0, 0.05) is 23.6 Å². The maximum absolute atomic E-state index is 10.5. The van der Waals surface area contributed by atoms with Gasteiger partial charge >= 0.3 is 0 Å². The summed E-state index contributed by atoms with van der Waals surface area (Å²) in [6.07, 6.45) is -0.487. The molecule has 1 N–H and O–H groups in total. The molecule has 0 aliphatic rings. The topological polar surface area (TPSA) is 63.4 Å². The fourth-order valence-corrected chi connectivity index (χ4v) is 2.74. The third kappa shape index (κ3) is 4.08. The molecule has 5 heteroatoms. The summed E-state index contributed by atoms with van der Waals surface area (Å²) in [5.41, 5.74) is 2.02. The van der Waals surface area contributed by atoms with Gasteiger partial charge in [-0.15, -0.1) is 0 Å². The van der Waals surface area contributed by atoms with Crippen LogP contribution in [0.5, 0.6) is 0 Å². The molecule has 2 aromatic carbocycles. The molecule has 2 aromatic rings. The van der Waals surface area contributed by atoms with Crippen molar-refractivity contribution in [3.63, 3.8) is 0 Å². The van der Waals surface area contributed by atoms with Crippen molar-refractivity contribution in [2.75, 3.05) is 5.75 Å². The predicted octanol–water partition coefficient (Wildman–Crippen LogP) is 3.56. The van der Waals surface area contributed by atoms with E-state index in [0.717, 1.165) is 16.9 Å². The molecular formula is C15H15NO3S. The molecule has 0 bridgehead atoms. The van der Waals surface area contributed by atoms with Gasteiger partial charge in [0.1, 0.15) is 0 Å². The summed E-state index contributed by atoms with van der Waals surface area (Å²) in [4.78, 5) is 10.1. The minimum atomic E-state index is -0.487. The molecule has 0 saturated carbocycles. The van der Waals surface area contributed by atoms with E-state index in [9.17, 15) is 15.2 Å². The third-order valence-corrected chi connectivity index (χ3v) is 3.96. The van der Waals surface area contributed by atoms with Crippen LogP contribution in [-0.4, -0.2) is 15.8 Å². The van der Waals surface area contributed by atoms with Crippen LogP contribution in [0.15, 0.2) is 54.6 Å². The average Bonchev–Trinajstić information content (AvgIpc) is 2.48. The number of rotatable bonds is 6. The molecule has 1 unspecified atom stereocenters. The van der Waals surface area contributed by atoms with Crippen LogP contribution in [0.3, 0.4) is 0 Å². The van der Waals surface area contributed by atoms with Gasteiger partial charge in [-0.25, -0.2) is 0 Å². The highest BCUT2D eigenvalue weighted by Gasteiger charge is 2.08. The zero-order valence-electron chi connectivity index (χ0n) is 10.8. The molecule has 0 aliphatic carbocycles. The van der Waals surface area contributed by atoms with Gasteiger partial charge in [0.25, 0.3) is 5.69 Å². The summed E-state index contributed by atoms with van der Waals surface area (Å²) in [7, 11) is 0. The van der Waals surface area contributed by atoms with Gasteiger partial charge in [-0.1, -0.05) is 42.5 Å². The molecule has 0 aliphatic heterocycles. The Labute approximate surface area is 121 Å². The predicted molar refractivity (Wildman–Crippen MR) is 80.7 cm³/mol. The second-order valence-electron chi connectivity index (χ2n) is 4.37. The van der Waals surface area contributed by atoms with Crippen molar-refractivity contribution in [2.24, 2.45) is 0 Å². The number of thioether (sulfide) groups is 1. The van der Waals surface area contributed by atoms with Gasteiger partial charge in [-0.05, 0) is 11.1 Å². The van der Waals surface area contributed by atoms with Crippen LogP contribution in [0.2, 0.25) is 0 Å². The highest BCUT2D eigenvalue weighted by molar-refractivity contribution is 7.98. The number of hydrogen-bond acceptors (Lipinski definition) is 4. The number of benzene rings is 2. The first-order valence-corrected chi connectivity index (χ1v) is 7.36. The van der Waals surface area contributed by atoms with Crippen molar-refractivity contribution in [1.82, 2.24) is 0 Å². The van der Waals surface area contributed by atoms with Gasteiger partial charge in [0.05, 0.1) is 11.0 Å². The first-order valence-electron chi connectivity index (χ1n) is 6.21. The minimum Gasteiger partial charge on any atom is -0.388 e. The minimum absolute atomic E-state index is 0.100. The molecule has 20 heavy (non-hydrogen) atoms. The van der Waals surface area contributed by atoms with E-state index < -0.39 is 11.0 Å². The van der Waals surface area contributed by atoms with Crippen molar-refractivity contribution in [1.29, 1.82) is 0 Å². The van der Waals surface area contributed by atoms with Crippen LogP contribution in [-0.2, 0) is 5.75 Å². The van der Waals surface area contributed by atoms with E-state index in [4.69, 9.17) is 0 Å². The number of aliphatic hydroxyl groups excluding tert-OH is 1. The van der Waals surface area contributed by atoms with Gasteiger partial charge in [0.15, 0.2) is 0 Å². The smallest absolute Gasteiger partial charge is 0.269 e. The Morgan fingerprint density at radius 2 is 1.75 bits per heavy atom. The number of nitro groups is 1. The summed E-state index contributed by atoms with van der Waals surface area (Å²) in [5, 5.41) is 20.5. The van der Waals surface area contributed by atoms with E-state index in [2.05, 4.69) is 0 Å². The van der Waals surface area contributed by atoms with E-state index in [1.807, 2.05) is 30.3 Å². The van der Waals surface area contributed by atoms with E-state index in [0.29, 0.717) is 5.75 Å². The van der Waals surface area contributed by atoms with Gasteiger partial charge < -0.3 is 5.11 Å². The summed E-state index contributed by atoms with van der Waals surface area (Å²) < 4.78 is 0. The Hall–Kier alpha value is -1.85. The molecule has 0 spiro atoms. The Bertz CT molecular complexity index is 557. The van der Waals surface area contributed by atoms with Gasteiger partial charge in [-0.2, -0.15) is 11.8 Å².